The summed E-state index contributed by atoms with van der Waals surface area (Å²) in [7, 11) is 2.87. The third kappa shape index (κ3) is 4.73. The van der Waals surface area contributed by atoms with Crippen molar-refractivity contribution in [2.24, 2.45) is 19.5 Å². The SMILES string of the molecule is Cn1nc(NCCC(C)(C)CCC(=O)O)c(=O)n(C)c1=O. The van der Waals surface area contributed by atoms with Crippen LogP contribution in [0.3, 0.4) is 0 Å². The topological polar surface area (TPSA) is 106 Å². The predicted molar refractivity (Wildman–Crippen MR) is 78.5 cm³/mol. The first-order valence-electron chi connectivity index (χ1n) is 6.74. The molecule has 0 aliphatic carbocycles. The molecule has 0 saturated carbocycles. The number of nitrogens with zero attached hydrogens (tertiary/aromatic N) is 3. The van der Waals surface area contributed by atoms with Gasteiger partial charge >= 0.3 is 11.7 Å². The maximum Gasteiger partial charge on any atom is 0.346 e. The zero-order chi connectivity index (χ0) is 16.2. The number of aliphatic carboxylic acids is 1. The Morgan fingerprint density at radius 3 is 2.48 bits per heavy atom. The largest absolute Gasteiger partial charge is 0.481 e. The van der Waals surface area contributed by atoms with Crippen molar-refractivity contribution in [1.82, 2.24) is 14.3 Å². The zero-order valence-corrected chi connectivity index (χ0v) is 12.8. The number of hydrogen-bond donors (Lipinski definition) is 2. The molecule has 8 heteroatoms. The summed E-state index contributed by atoms with van der Waals surface area (Å²) in [6.07, 6.45) is 1.36. The van der Waals surface area contributed by atoms with Crippen LogP contribution in [0.25, 0.3) is 0 Å². The van der Waals surface area contributed by atoms with E-state index >= 15 is 0 Å². The van der Waals surface area contributed by atoms with Crippen molar-refractivity contribution in [2.45, 2.75) is 33.1 Å². The van der Waals surface area contributed by atoms with Gasteiger partial charge in [-0.15, -0.1) is 5.10 Å². The Bertz CT molecular complexity index is 630. The van der Waals surface area contributed by atoms with E-state index < -0.39 is 17.2 Å². The summed E-state index contributed by atoms with van der Waals surface area (Å²) >= 11 is 0. The molecule has 0 amide bonds. The van der Waals surface area contributed by atoms with Crippen LogP contribution in [0.4, 0.5) is 5.82 Å². The Hall–Kier alpha value is -2.12. The molecule has 0 spiro atoms. The molecule has 0 radical (unpaired) electrons. The summed E-state index contributed by atoms with van der Waals surface area (Å²) in [6.45, 7) is 4.43. The van der Waals surface area contributed by atoms with Crippen LogP contribution < -0.4 is 16.6 Å². The molecular formula is C13H22N4O4. The second-order valence-electron chi connectivity index (χ2n) is 5.85. The van der Waals surface area contributed by atoms with Gasteiger partial charge < -0.3 is 10.4 Å². The number of carboxylic acids is 1. The van der Waals surface area contributed by atoms with Crippen molar-refractivity contribution in [1.29, 1.82) is 0 Å². The molecule has 1 rings (SSSR count). The van der Waals surface area contributed by atoms with E-state index in [1.54, 1.807) is 0 Å². The molecule has 0 bridgehead atoms. The predicted octanol–water partition coefficient (Wildman–Crippen LogP) is 0.172. The fourth-order valence-electron chi connectivity index (χ4n) is 1.90. The Kier molecular flexibility index (Phi) is 5.28. The first-order chi connectivity index (χ1) is 9.64. The normalized spacial score (nSPS) is 11.4. The number of aryl methyl sites for hydroxylation is 1. The lowest BCUT2D eigenvalue weighted by atomic mass is 9.84. The Labute approximate surface area is 122 Å². The van der Waals surface area contributed by atoms with Crippen LogP contribution in [0.2, 0.25) is 0 Å². The molecule has 1 aromatic heterocycles. The number of carboxylic acid groups (broad SMARTS) is 1. The van der Waals surface area contributed by atoms with Gasteiger partial charge in [0.05, 0.1) is 0 Å². The van der Waals surface area contributed by atoms with Gasteiger partial charge in [-0.1, -0.05) is 13.8 Å². The molecule has 0 fully saturated rings. The lowest BCUT2D eigenvalue weighted by molar-refractivity contribution is -0.137. The lowest BCUT2D eigenvalue weighted by Crippen LogP contribution is -2.40. The van der Waals surface area contributed by atoms with Gasteiger partial charge in [0.1, 0.15) is 0 Å². The molecule has 1 aromatic rings. The smallest absolute Gasteiger partial charge is 0.346 e. The van der Waals surface area contributed by atoms with Gasteiger partial charge in [-0.25, -0.2) is 9.48 Å². The molecule has 2 N–H and O–H groups in total. The first kappa shape index (κ1) is 16.9. The summed E-state index contributed by atoms with van der Waals surface area (Å²) in [5.41, 5.74) is -1.11. The van der Waals surface area contributed by atoms with Crippen molar-refractivity contribution < 1.29 is 9.90 Å². The number of nitrogens with one attached hydrogen (secondary N) is 1. The molecule has 1 heterocycles. The van der Waals surface area contributed by atoms with E-state index in [1.807, 2.05) is 13.8 Å². The van der Waals surface area contributed by atoms with Crippen molar-refractivity contribution in [3.05, 3.63) is 20.8 Å². The lowest BCUT2D eigenvalue weighted by Gasteiger charge is -2.23. The molecule has 0 unspecified atom stereocenters. The maximum absolute atomic E-state index is 11.9. The van der Waals surface area contributed by atoms with Crippen molar-refractivity contribution in [3.8, 4) is 0 Å². The van der Waals surface area contributed by atoms with Gasteiger partial charge in [0.2, 0.25) is 5.82 Å². The van der Waals surface area contributed by atoms with Crippen molar-refractivity contribution in [2.75, 3.05) is 11.9 Å². The van der Waals surface area contributed by atoms with Crippen LogP contribution in [0, 0.1) is 5.41 Å². The number of aromatic nitrogens is 3. The first-order valence-corrected chi connectivity index (χ1v) is 6.74. The molecule has 0 aliphatic heterocycles. The van der Waals surface area contributed by atoms with Gasteiger partial charge in [0, 0.05) is 27.1 Å². The van der Waals surface area contributed by atoms with Crippen LogP contribution in [-0.4, -0.2) is 32.0 Å². The second-order valence-corrected chi connectivity index (χ2v) is 5.85. The van der Waals surface area contributed by atoms with Crippen LogP contribution in [0.1, 0.15) is 33.1 Å². The van der Waals surface area contributed by atoms with Crippen LogP contribution in [-0.2, 0) is 18.9 Å². The number of carbonyl (C=O) groups is 1. The van der Waals surface area contributed by atoms with Gasteiger partial charge in [-0.2, -0.15) is 0 Å². The Balaban J connectivity index is 2.67. The summed E-state index contributed by atoms with van der Waals surface area (Å²) in [5, 5.41) is 15.5. The maximum atomic E-state index is 11.9. The van der Waals surface area contributed by atoms with E-state index in [4.69, 9.17) is 5.11 Å². The third-order valence-electron chi connectivity index (χ3n) is 3.43. The zero-order valence-electron chi connectivity index (χ0n) is 12.8. The van der Waals surface area contributed by atoms with Crippen LogP contribution in [0.15, 0.2) is 9.59 Å². The summed E-state index contributed by atoms with van der Waals surface area (Å²) in [6, 6.07) is 0. The highest BCUT2D eigenvalue weighted by molar-refractivity contribution is 5.66. The van der Waals surface area contributed by atoms with Gasteiger partial charge in [0.25, 0.3) is 5.56 Å². The van der Waals surface area contributed by atoms with Gasteiger partial charge in [0.15, 0.2) is 0 Å². The molecular weight excluding hydrogens is 276 g/mol. The number of hydrogen-bond acceptors (Lipinski definition) is 5. The summed E-state index contributed by atoms with van der Waals surface area (Å²) < 4.78 is 2.09. The molecule has 8 nitrogen and oxygen atoms in total. The van der Waals surface area contributed by atoms with Crippen molar-refractivity contribution in [3.63, 3.8) is 0 Å². The second kappa shape index (κ2) is 6.55. The van der Waals surface area contributed by atoms with Crippen molar-refractivity contribution >= 4 is 11.8 Å². The van der Waals surface area contributed by atoms with E-state index in [0.29, 0.717) is 19.4 Å². The Morgan fingerprint density at radius 2 is 1.90 bits per heavy atom. The minimum absolute atomic E-state index is 0.118. The molecule has 0 aromatic carbocycles. The van der Waals surface area contributed by atoms with Gasteiger partial charge in [-0.05, 0) is 18.3 Å². The fourth-order valence-corrected chi connectivity index (χ4v) is 1.90. The minimum Gasteiger partial charge on any atom is -0.481 e. The van der Waals surface area contributed by atoms with E-state index in [9.17, 15) is 14.4 Å². The highest BCUT2D eigenvalue weighted by atomic mass is 16.4. The van der Waals surface area contributed by atoms with E-state index in [0.717, 1.165) is 9.25 Å². The fraction of sp³-hybridized carbons (Fsp3) is 0.692. The highest BCUT2D eigenvalue weighted by Gasteiger charge is 2.19. The molecule has 0 saturated heterocycles. The summed E-state index contributed by atoms with van der Waals surface area (Å²) in [5.74, 6) is -0.696. The number of anilines is 1. The van der Waals surface area contributed by atoms with Crippen LogP contribution in [0.5, 0.6) is 0 Å². The minimum atomic E-state index is -0.815. The standard InChI is InChI=1S/C13H22N4O4/c1-13(2,6-5-9(18)19)7-8-14-10-11(20)16(3)12(21)17(4)15-10/h5-8H2,1-4H3,(H,14,15)(H,18,19). The average molecular weight is 298 g/mol. The van der Waals surface area contributed by atoms with E-state index in [2.05, 4.69) is 10.4 Å². The molecule has 21 heavy (non-hydrogen) atoms. The van der Waals surface area contributed by atoms with Gasteiger partial charge in [-0.3, -0.25) is 14.2 Å². The monoisotopic (exact) mass is 298 g/mol. The molecule has 0 aliphatic rings. The van der Waals surface area contributed by atoms with E-state index in [1.165, 1.54) is 14.1 Å². The third-order valence-corrected chi connectivity index (χ3v) is 3.43. The average Bonchev–Trinajstić information content (AvgIpc) is 2.40. The summed E-state index contributed by atoms with van der Waals surface area (Å²) in [4.78, 5) is 34.0. The molecule has 118 valence electrons. The quantitative estimate of drug-likeness (QED) is 0.743. The van der Waals surface area contributed by atoms with E-state index in [-0.39, 0.29) is 17.7 Å². The number of rotatable bonds is 7. The molecule has 0 atom stereocenters. The highest BCUT2D eigenvalue weighted by Crippen LogP contribution is 2.26. The van der Waals surface area contributed by atoms with Crippen LogP contribution >= 0.6 is 0 Å². The Morgan fingerprint density at radius 1 is 1.29 bits per heavy atom.